The molecule has 2 heterocycles. The van der Waals surface area contributed by atoms with Gasteiger partial charge in [0.15, 0.2) is 0 Å². The predicted octanol–water partition coefficient (Wildman–Crippen LogP) is 2.62. The first-order chi connectivity index (χ1) is 10.7. The maximum absolute atomic E-state index is 5.84. The third-order valence-electron chi connectivity index (χ3n) is 4.37. The van der Waals surface area contributed by atoms with Crippen molar-refractivity contribution in [3.8, 4) is 0 Å². The third kappa shape index (κ3) is 2.98. The number of anilines is 3. The molecule has 0 radical (unpaired) electrons. The number of aromatic nitrogens is 2. The van der Waals surface area contributed by atoms with Crippen molar-refractivity contribution in [2.45, 2.75) is 32.2 Å². The number of aryl methyl sites for hydroxylation is 1. The summed E-state index contributed by atoms with van der Waals surface area (Å²) in [7, 11) is 1.85. The normalized spacial score (nSPS) is 17.7. The highest BCUT2D eigenvalue weighted by molar-refractivity contribution is 5.53. The van der Waals surface area contributed by atoms with Gasteiger partial charge in [0.05, 0.1) is 0 Å². The Kier molecular flexibility index (Phi) is 4.13. The van der Waals surface area contributed by atoms with Gasteiger partial charge in [0.2, 0.25) is 5.95 Å². The summed E-state index contributed by atoms with van der Waals surface area (Å²) in [5.74, 6) is 2.01. The van der Waals surface area contributed by atoms with Crippen LogP contribution in [0.25, 0.3) is 0 Å². The van der Waals surface area contributed by atoms with Crippen LogP contribution in [0.1, 0.15) is 24.0 Å². The monoisotopic (exact) mass is 297 g/mol. The van der Waals surface area contributed by atoms with E-state index in [0.29, 0.717) is 12.0 Å². The van der Waals surface area contributed by atoms with E-state index in [1.807, 2.05) is 13.1 Å². The van der Waals surface area contributed by atoms with Gasteiger partial charge >= 0.3 is 0 Å². The molecule has 3 rings (SSSR count). The number of benzene rings is 1. The molecular weight excluding hydrogens is 274 g/mol. The van der Waals surface area contributed by atoms with Crippen molar-refractivity contribution in [1.82, 2.24) is 9.97 Å². The Labute approximate surface area is 131 Å². The summed E-state index contributed by atoms with van der Waals surface area (Å²) < 4.78 is 0. The van der Waals surface area contributed by atoms with Crippen molar-refractivity contribution in [3.05, 3.63) is 41.5 Å². The molecule has 0 spiro atoms. The maximum atomic E-state index is 5.84. The van der Waals surface area contributed by atoms with Crippen LogP contribution in [0, 0.1) is 6.92 Å². The van der Waals surface area contributed by atoms with Crippen LogP contribution in [-0.4, -0.2) is 29.6 Å². The third-order valence-corrected chi connectivity index (χ3v) is 4.37. The minimum Gasteiger partial charge on any atom is -0.373 e. The van der Waals surface area contributed by atoms with E-state index in [-0.39, 0.29) is 0 Å². The largest absolute Gasteiger partial charge is 0.373 e. The zero-order chi connectivity index (χ0) is 15.5. The predicted molar refractivity (Wildman–Crippen MR) is 91.2 cm³/mol. The maximum Gasteiger partial charge on any atom is 0.223 e. The van der Waals surface area contributed by atoms with Gasteiger partial charge in [-0.15, -0.1) is 0 Å². The Morgan fingerprint density at radius 2 is 2.14 bits per heavy atom. The van der Waals surface area contributed by atoms with Crippen molar-refractivity contribution in [2.24, 2.45) is 0 Å². The van der Waals surface area contributed by atoms with Gasteiger partial charge in [0.1, 0.15) is 11.6 Å². The Bertz CT molecular complexity index is 655. The molecule has 0 aliphatic carbocycles. The van der Waals surface area contributed by atoms with Gasteiger partial charge in [-0.3, -0.25) is 0 Å². The van der Waals surface area contributed by atoms with Crippen molar-refractivity contribution in [1.29, 1.82) is 0 Å². The number of hydrogen-bond acceptors (Lipinski definition) is 5. The number of nitrogens with two attached hydrogens (primary N) is 1. The van der Waals surface area contributed by atoms with Crippen molar-refractivity contribution < 1.29 is 0 Å². The summed E-state index contributed by atoms with van der Waals surface area (Å²) in [6.07, 6.45) is 3.42. The van der Waals surface area contributed by atoms with E-state index in [2.05, 4.69) is 51.4 Å². The number of rotatable bonds is 4. The van der Waals surface area contributed by atoms with Crippen LogP contribution in [0.15, 0.2) is 30.3 Å². The summed E-state index contributed by atoms with van der Waals surface area (Å²) in [6.45, 7) is 3.20. The van der Waals surface area contributed by atoms with Crippen LogP contribution in [0.5, 0.6) is 0 Å². The molecule has 5 nitrogen and oxygen atoms in total. The molecule has 2 aromatic rings. The molecule has 1 aliphatic rings. The molecule has 1 aromatic heterocycles. The van der Waals surface area contributed by atoms with Crippen molar-refractivity contribution in [2.75, 3.05) is 29.5 Å². The van der Waals surface area contributed by atoms with Crippen LogP contribution in [0.3, 0.4) is 0 Å². The van der Waals surface area contributed by atoms with E-state index in [0.717, 1.165) is 24.6 Å². The first-order valence-corrected chi connectivity index (χ1v) is 7.81. The fraction of sp³-hybridized carbons (Fsp3) is 0.412. The molecule has 0 amide bonds. The lowest BCUT2D eigenvalue weighted by molar-refractivity contribution is 0.656. The SMILES string of the molecule is CNc1cc(N2CCCC2Cc2ccccc2C)nc(N)n1. The Hall–Kier alpha value is -2.30. The molecule has 116 valence electrons. The Morgan fingerprint density at radius 3 is 2.91 bits per heavy atom. The lowest BCUT2D eigenvalue weighted by Crippen LogP contribution is -2.32. The Balaban J connectivity index is 1.84. The van der Waals surface area contributed by atoms with Crippen LogP contribution in [0.2, 0.25) is 0 Å². The van der Waals surface area contributed by atoms with Gasteiger partial charge in [-0.2, -0.15) is 9.97 Å². The smallest absolute Gasteiger partial charge is 0.223 e. The summed E-state index contributed by atoms with van der Waals surface area (Å²) in [5, 5.41) is 3.05. The van der Waals surface area contributed by atoms with Gasteiger partial charge in [0, 0.05) is 25.7 Å². The molecule has 1 saturated heterocycles. The van der Waals surface area contributed by atoms with Gasteiger partial charge in [0.25, 0.3) is 0 Å². The number of nitrogens with one attached hydrogen (secondary N) is 1. The molecule has 1 aliphatic heterocycles. The van der Waals surface area contributed by atoms with Crippen LogP contribution < -0.4 is 16.0 Å². The minimum absolute atomic E-state index is 0.323. The summed E-state index contributed by atoms with van der Waals surface area (Å²) >= 11 is 0. The zero-order valence-corrected chi connectivity index (χ0v) is 13.2. The highest BCUT2D eigenvalue weighted by atomic mass is 15.3. The molecule has 3 N–H and O–H groups in total. The lowest BCUT2D eigenvalue weighted by Gasteiger charge is -2.26. The van der Waals surface area contributed by atoms with E-state index >= 15 is 0 Å². The number of nitrogen functional groups attached to an aromatic ring is 1. The molecule has 22 heavy (non-hydrogen) atoms. The average molecular weight is 297 g/mol. The fourth-order valence-electron chi connectivity index (χ4n) is 3.17. The van der Waals surface area contributed by atoms with E-state index in [9.17, 15) is 0 Å². The highest BCUT2D eigenvalue weighted by Crippen LogP contribution is 2.28. The van der Waals surface area contributed by atoms with Crippen molar-refractivity contribution in [3.63, 3.8) is 0 Å². The second-order valence-corrected chi connectivity index (χ2v) is 5.84. The first-order valence-electron chi connectivity index (χ1n) is 7.81. The Morgan fingerprint density at radius 1 is 1.32 bits per heavy atom. The van der Waals surface area contributed by atoms with E-state index in [1.54, 1.807) is 0 Å². The molecule has 0 saturated carbocycles. The first kappa shape index (κ1) is 14.6. The lowest BCUT2D eigenvalue weighted by atomic mass is 10.00. The van der Waals surface area contributed by atoms with Crippen LogP contribution in [0.4, 0.5) is 17.6 Å². The highest BCUT2D eigenvalue weighted by Gasteiger charge is 2.26. The zero-order valence-electron chi connectivity index (χ0n) is 13.2. The van der Waals surface area contributed by atoms with Crippen molar-refractivity contribution >= 4 is 17.6 Å². The molecule has 1 atom stereocenters. The van der Waals surface area contributed by atoms with Gasteiger partial charge in [-0.25, -0.2) is 0 Å². The van der Waals surface area contributed by atoms with E-state index < -0.39 is 0 Å². The second kappa shape index (κ2) is 6.22. The van der Waals surface area contributed by atoms with E-state index in [4.69, 9.17) is 5.73 Å². The molecule has 1 fully saturated rings. The average Bonchev–Trinajstić information content (AvgIpc) is 2.97. The fourth-order valence-corrected chi connectivity index (χ4v) is 3.17. The topological polar surface area (TPSA) is 67.1 Å². The summed E-state index contributed by atoms with van der Waals surface area (Å²) in [6, 6.07) is 11.1. The second-order valence-electron chi connectivity index (χ2n) is 5.84. The van der Waals surface area contributed by atoms with Crippen LogP contribution in [-0.2, 0) is 6.42 Å². The number of hydrogen-bond donors (Lipinski definition) is 2. The summed E-state index contributed by atoms with van der Waals surface area (Å²) in [4.78, 5) is 11.0. The quantitative estimate of drug-likeness (QED) is 0.908. The summed E-state index contributed by atoms with van der Waals surface area (Å²) in [5.41, 5.74) is 8.60. The van der Waals surface area contributed by atoms with E-state index in [1.165, 1.54) is 24.0 Å². The van der Waals surface area contributed by atoms with Gasteiger partial charge in [-0.05, 0) is 37.3 Å². The molecule has 0 bridgehead atoms. The molecule has 1 aromatic carbocycles. The molecular formula is C17H23N5. The van der Waals surface area contributed by atoms with Gasteiger partial charge in [-0.1, -0.05) is 24.3 Å². The molecule has 1 unspecified atom stereocenters. The minimum atomic E-state index is 0.323. The van der Waals surface area contributed by atoms with Crippen LogP contribution >= 0.6 is 0 Å². The number of nitrogens with zero attached hydrogens (tertiary/aromatic N) is 3. The standard InChI is InChI=1S/C17H23N5/c1-12-6-3-4-7-13(12)10-14-8-5-9-22(14)16-11-15(19-2)20-17(18)21-16/h3-4,6-7,11,14H,5,8-10H2,1-2H3,(H3,18,19,20,21). The molecule has 5 heteroatoms. The van der Waals surface area contributed by atoms with Gasteiger partial charge < -0.3 is 16.0 Å².